The summed E-state index contributed by atoms with van der Waals surface area (Å²) in [5.41, 5.74) is 1.41. The van der Waals surface area contributed by atoms with Crippen molar-refractivity contribution in [3.05, 3.63) is 17.0 Å². The van der Waals surface area contributed by atoms with Gasteiger partial charge >= 0.3 is 0 Å². The number of carbonyl (C=O) groups excluding carboxylic acids is 1. The van der Waals surface area contributed by atoms with E-state index in [0.29, 0.717) is 18.0 Å². The number of hydrogen-bond donors (Lipinski definition) is 1. The second-order valence-corrected chi connectivity index (χ2v) is 6.25. The Bertz CT molecular complexity index is 503. The fourth-order valence-corrected chi connectivity index (χ4v) is 3.71. The van der Waals surface area contributed by atoms with Crippen LogP contribution in [-0.2, 0) is 6.42 Å². The van der Waals surface area contributed by atoms with Crippen LogP contribution >= 0.6 is 12.4 Å². The third kappa shape index (κ3) is 3.30. The Balaban J connectivity index is 0.00000176. The van der Waals surface area contributed by atoms with Crippen LogP contribution in [0.1, 0.15) is 54.4 Å². The smallest absolute Gasteiger partial charge is 0.259 e. The van der Waals surface area contributed by atoms with Crippen LogP contribution in [0.2, 0.25) is 0 Å². The summed E-state index contributed by atoms with van der Waals surface area (Å²) in [4.78, 5) is 14.7. The second-order valence-electron chi connectivity index (χ2n) is 6.25. The molecular weight excluding hydrogens is 302 g/mol. The molecule has 3 heterocycles. The van der Waals surface area contributed by atoms with Gasteiger partial charge in [0.2, 0.25) is 0 Å². The molecule has 5 nitrogen and oxygen atoms in total. The predicted molar refractivity (Wildman–Crippen MR) is 87.5 cm³/mol. The number of nitrogens with one attached hydrogen (secondary N) is 1. The van der Waals surface area contributed by atoms with Gasteiger partial charge in [-0.3, -0.25) is 4.79 Å². The normalized spacial score (nSPS) is 22.6. The van der Waals surface area contributed by atoms with Crippen molar-refractivity contribution in [3.63, 3.8) is 0 Å². The number of hydrogen-bond acceptors (Lipinski definition) is 4. The number of piperidine rings is 1. The first-order chi connectivity index (χ1) is 10.2. The van der Waals surface area contributed by atoms with E-state index in [1.54, 1.807) is 0 Å². The fourth-order valence-electron chi connectivity index (χ4n) is 3.71. The number of rotatable bonds is 3. The monoisotopic (exact) mass is 327 g/mol. The number of aryl methyl sites for hydroxylation is 2. The van der Waals surface area contributed by atoms with E-state index in [2.05, 4.69) is 10.5 Å². The Morgan fingerprint density at radius 2 is 2.09 bits per heavy atom. The van der Waals surface area contributed by atoms with Gasteiger partial charge in [-0.1, -0.05) is 12.1 Å². The van der Waals surface area contributed by atoms with E-state index in [1.807, 2.05) is 18.7 Å². The summed E-state index contributed by atoms with van der Waals surface area (Å²) in [5, 5.41) is 7.55. The first-order valence-corrected chi connectivity index (χ1v) is 8.18. The van der Waals surface area contributed by atoms with Crippen molar-refractivity contribution in [2.75, 3.05) is 19.6 Å². The number of carbonyl (C=O) groups is 1. The quantitative estimate of drug-likeness (QED) is 0.927. The van der Waals surface area contributed by atoms with Crippen molar-refractivity contribution in [1.82, 2.24) is 15.4 Å². The lowest BCUT2D eigenvalue weighted by atomic mass is 9.88. The van der Waals surface area contributed by atoms with Crippen LogP contribution < -0.4 is 5.32 Å². The van der Waals surface area contributed by atoms with Crippen molar-refractivity contribution in [1.29, 1.82) is 0 Å². The lowest BCUT2D eigenvalue weighted by Gasteiger charge is -2.34. The van der Waals surface area contributed by atoms with Gasteiger partial charge in [-0.05, 0) is 45.1 Å². The zero-order valence-corrected chi connectivity index (χ0v) is 14.2. The Morgan fingerprint density at radius 1 is 1.36 bits per heavy atom. The van der Waals surface area contributed by atoms with Crippen LogP contribution in [0.25, 0.3) is 0 Å². The molecule has 0 radical (unpaired) electrons. The number of likely N-dealkylation sites (tertiary alicyclic amines) is 1. The highest BCUT2D eigenvalue weighted by molar-refractivity contribution is 5.96. The second kappa shape index (κ2) is 7.47. The van der Waals surface area contributed by atoms with Crippen LogP contribution in [0, 0.1) is 12.8 Å². The highest BCUT2D eigenvalue weighted by Gasteiger charge is 2.32. The number of aromatic nitrogens is 1. The molecule has 0 aliphatic carbocycles. The van der Waals surface area contributed by atoms with Gasteiger partial charge in [-0.2, -0.15) is 0 Å². The van der Waals surface area contributed by atoms with Crippen LogP contribution in [0.4, 0.5) is 0 Å². The van der Waals surface area contributed by atoms with E-state index in [0.717, 1.165) is 49.8 Å². The van der Waals surface area contributed by atoms with Crippen molar-refractivity contribution in [3.8, 4) is 0 Å². The molecule has 0 spiro atoms. The third-order valence-corrected chi connectivity index (χ3v) is 4.96. The average Bonchev–Trinajstić information content (AvgIpc) is 3.16. The van der Waals surface area contributed by atoms with Gasteiger partial charge in [0.25, 0.3) is 5.91 Å². The van der Waals surface area contributed by atoms with Gasteiger partial charge in [0.1, 0.15) is 11.3 Å². The Kier molecular flexibility index (Phi) is 5.87. The molecule has 1 amide bonds. The Morgan fingerprint density at radius 3 is 2.68 bits per heavy atom. The minimum atomic E-state index is 0. The molecular formula is C16H26ClN3O2. The zero-order valence-electron chi connectivity index (χ0n) is 13.4. The summed E-state index contributed by atoms with van der Waals surface area (Å²) in [5.74, 6) is 1.55. The lowest BCUT2D eigenvalue weighted by molar-refractivity contribution is 0.0671. The van der Waals surface area contributed by atoms with E-state index in [-0.39, 0.29) is 18.3 Å². The summed E-state index contributed by atoms with van der Waals surface area (Å²) in [6.45, 7) is 6.72. The maximum atomic E-state index is 12.7. The van der Waals surface area contributed by atoms with Crippen LogP contribution in [0.3, 0.4) is 0 Å². The van der Waals surface area contributed by atoms with Gasteiger partial charge in [0, 0.05) is 25.6 Å². The van der Waals surface area contributed by atoms with E-state index in [1.165, 1.54) is 12.8 Å². The largest absolute Gasteiger partial charge is 0.360 e. The van der Waals surface area contributed by atoms with Crippen molar-refractivity contribution < 1.29 is 9.32 Å². The van der Waals surface area contributed by atoms with Crippen LogP contribution in [0.15, 0.2) is 4.52 Å². The molecule has 3 rings (SSSR count). The van der Waals surface area contributed by atoms with E-state index < -0.39 is 0 Å². The minimum Gasteiger partial charge on any atom is -0.360 e. The molecule has 2 saturated heterocycles. The average molecular weight is 328 g/mol. The van der Waals surface area contributed by atoms with Gasteiger partial charge < -0.3 is 14.7 Å². The summed E-state index contributed by atoms with van der Waals surface area (Å²) in [6.07, 6.45) is 5.52. The van der Waals surface area contributed by atoms with Crippen molar-refractivity contribution in [2.45, 2.75) is 52.0 Å². The molecule has 0 saturated carbocycles. The van der Waals surface area contributed by atoms with Crippen molar-refractivity contribution >= 4 is 18.3 Å². The molecule has 6 heteroatoms. The Hall–Kier alpha value is -1.07. The topological polar surface area (TPSA) is 58.4 Å². The summed E-state index contributed by atoms with van der Waals surface area (Å²) < 4.78 is 5.25. The molecule has 1 aromatic rings. The van der Waals surface area contributed by atoms with Gasteiger partial charge in [-0.15, -0.1) is 12.4 Å². The molecule has 0 aromatic carbocycles. The maximum absolute atomic E-state index is 12.7. The van der Waals surface area contributed by atoms with Gasteiger partial charge in [0.15, 0.2) is 0 Å². The minimum absolute atomic E-state index is 0. The van der Waals surface area contributed by atoms with E-state index in [9.17, 15) is 4.79 Å². The van der Waals surface area contributed by atoms with Gasteiger partial charge in [0.05, 0.1) is 5.69 Å². The summed E-state index contributed by atoms with van der Waals surface area (Å²) >= 11 is 0. The number of halogens is 1. The first-order valence-electron chi connectivity index (χ1n) is 8.18. The molecule has 2 fully saturated rings. The highest BCUT2D eigenvalue weighted by atomic mass is 35.5. The molecule has 1 aromatic heterocycles. The molecule has 0 bridgehead atoms. The number of amides is 1. The van der Waals surface area contributed by atoms with Gasteiger partial charge in [-0.25, -0.2) is 0 Å². The zero-order chi connectivity index (χ0) is 14.8. The molecule has 2 aliphatic rings. The van der Waals surface area contributed by atoms with E-state index >= 15 is 0 Å². The summed E-state index contributed by atoms with van der Waals surface area (Å²) in [6, 6.07) is 0.672. The predicted octanol–water partition coefficient (Wildman–Crippen LogP) is 2.57. The highest BCUT2D eigenvalue weighted by Crippen LogP contribution is 2.27. The number of nitrogens with zero attached hydrogens (tertiary/aromatic N) is 2. The van der Waals surface area contributed by atoms with Crippen LogP contribution in [-0.4, -0.2) is 41.6 Å². The molecule has 1 N–H and O–H groups in total. The standard InChI is InChI=1S/C16H25N3O2.ClH/c1-3-14-15(11(2)18-21-14)16(20)19-9-6-12(7-10-19)13-5-4-8-17-13;/h12-13,17H,3-10H2,1-2H3;1H. The van der Waals surface area contributed by atoms with E-state index in [4.69, 9.17) is 4.52 Å². The third-order valence-electron chi connectivity index (χ3n) is 4.96. The lowest BCUT2D eigenvalue weighted by Crippen LogP contribution is -2.43. The maximum Gasteiger partial charge on any atom is 0.259 e. The van der Waals surface area contributed by atoms with Crippen molar-refractivity contribution in [2.24, 2.45) is 5.92 Å². The first kappa shape index (κ1) is 17.3. The molecule has 1 unspecified atom stereocenters. The molecule has 2 aliphatic heterocycles. The molecule has 1 atom stereocenters. The SMILES string of the molecule is CCc1onc(C)c1C(=O)N1CCC(C2CCCN2)CC1.Cl. The van der Waals surface area contributed by atoms with Crippen LogP contribution in [0.5, 0.6) is 0 Å². The molecule has 22 heavy (non-hydrogen) atoms. The fraction of sp³-hybridized carbons (Fsp3) is 0.750. The Labute approximate surface area is 138 Å². The summed E-state index contributed by atoms with van der Waals surface area (Å²) in [7, 11) is 0. The molecule has 124 valence electrons.